The van der Waals surface area contributed by atoms with Gasteiger partial charge in [0.25, 0.3) is 0 Å². The van der Waals surface area contributed by atoms with Crippen LogP contribution in [0.15, 0.2) is 42.9 Å². The van der Waals surface area contributed by atoms with Gasteiger partial charge in [-0.3, -0.25) is 4.98 Å². The first-order chi connectivity index (χ1) is 13.1. The summed E-state index contributed by atoms with van der Waals surface area (Å²) in [6.07, 6.45) is 5.19. The van der Waals surface area contributed by atoms with E-state index in [2.05, 4.69) is 30.8 Å². The summed E-state index contributed by atoms with van der Waals surface area (Å²) in [5, 5.41) is 22.3. The molecule has 0 radical (unpaired) electrons. The van der Waals surface area contributed by atoms with Crippen molar-refractivity contribution in [3.05, 3.63) is 54.0 Å². The topological polar surface area (TPSA) is 109 Å². The quantitative estimate of drug-likeness (QED) is 0.554. The van der Waals surface area contributed by atoms with Crippen molar-refractivity contribution in [1.82, 2.24) is 25.5 Å². The highest BCUT2D eigenvalue weighted by atomic mass is 16.5. The summed E-state index contributed by atoms with van der Waals surface area (Å²) < 4.78 is 5.08. The minimum absolute atomic E-state index is 0.215. The van der Waals surface area contributed by atoms with Crippen LogP contribution in [0.2, 0.25) is 0 Å². The minimum Gasteiger partial charge on any atom is -0.393 e. The number of methoxy groups -OCH3 is 1. The van der Waals surface area contributed by atoms with Gasteiger partial charge in [0.2, 0.25) is 0 Å². The fraction of sp³-hybridized carbons (Fsp3) is 0.211. The lowest BCUT2D eigenvalue weighted by Gasteiger charge is -2.10. The average molecular weight is 363 g/mol. The zero-order valence-electron chi connectivity index (χ0n) is 15.4. The number of hydrogen-bond acceptors (Lipinski definition) is 8. The Labute approximate surface area is 157 Å². The number of ether oxygens (including phenoxy) is 1. The molecule has 0 bridgehead atoms. The van der Waals surface area contributed by atoms with Gasteiger partial charge in [-0.25, -0.2) is 4.98 Å². The van der Waals surface area contributed by atoms with Gasteiger partial charge >= 0.3 is 0 Å². The maximum absolute atomic E-state index is 8.20. The Bertz CT molecular complexity index is 1000. The van der Waals surface area contributed by atoms with Gasteiger partial charge in [-0.2, -0.15) is 5.10 Å². The first-order valence-electron chi connectivity index (χ1n) is 8.38. The number of aryl methyl sites for hydroxylation is 1. The SMILES string of the molecule is CN/C=C(\C(=N)COC)c1cnc2ccc(Nc3cc(C)cnn3)nc2c1. The Morgan fingerprint density at radius 3 is 2.78 bits per heavy atom. The van der Waals surface area contributed by atoms with Crippen LogP contribution in [-0.4, -0.2) is 46.6 Å². The third-order valence-electron chi connectivity index (χ3n) is 3.80. The molecular weight excluding hydrogens is 342 g/mol. The third-order valence-corrected chi connectivity index (χ3v) is 3.80. The molecule has 3 N–H and O–H groups in total. The molecule has 8 nitrogen and oxygen atoms in total. The predicted molar refractivity (Wildman–Crippen MR) is 106 cm³/mol. The minimum atomic E-state index is 0.215. The normalized spacial score (nSPS) is 11.4. The molecule has 0 atom stereocenters. The summed E-state index contributed by atoms with van der Waals surface area (Å²) in [5.74, 6) is 1.27. The van der Waals surface area contributed by atoms with Crippen molar-refractivity contribution >= 4 is 34.0 Å². The molecule has 3 rings (SSSR count). The smallest absolute Gasteiger partial charge is 0.154 e. The zero-order valence-corrected chi connectivity index (χ0v) is 15.4. The van der Waals surface area contributed by atoms with E-state index in [9.17, 15) is 0 Å². The van der Waals surface area contributed by atoms with Crippen LogP contribution in [0, 0.1) is 12.3 Å². The molecule has 3 heterocycles. The van der Waals surface area contributed by atoms with Crippen LogP contribution in [0.1, 0.15) is 11.1 Å². The molecule has 8 heteroatoms. The second-order valence-corrected chi connectivity index (χ2v) is 5.96. The number of nitrogens with one attached hydrogen (secondary N) is 3. The fourth-order valence-corrected chi connectivity index (χ4v) is 2.59. The van der Waals surface area contributed by atoms with Crippen LogP contribution in [-0.2, 0) is 4.74 Å². The van der Waals surface area contributed by atoms with Gasteiger partial charge < -0.3 is 20.8 Å². The number of rotatable bonds is 7. The van der Waals surface area contributed by atoms with Crippen molar-refractivity contribution in [3.63, 3.8) is 0 Å². The summed E-state index contributed by atoms with van der Waals surface area (Å²) in [6.45, 7) is 2.17. The summed E-state index contributed by atoms with van der Waals surface area (Å²) in [5.41, 5.74) is 4.34. The lowest BCUT2D eigenvalue weighted by Crippen LogP contribution is -2.11. The number of aromatic nitrogens is 4. The van der Waals surface area contributed by atoms with Crippen molar-refractivity contribution < 1.29 is 4.74 Å². The van der Waals surface area contributed by atoms with Gasteiger partial charge in [0.05, 0.1) is 29.5 Å². The van der Waals surface area contributed by atoms with E-state index in [0.717, 1.165) is 16.6 Å². The van der Waals surface area contributed by atoms with E-state index in [1.807, 2.05) is 31.2 Å². The van der Waals surface area contributed by atoms with E-state index < -0.39 is 0 Å². The van der Waals surface area contributed by atoms with Crippen molar-refractivity contribution in [2.75, 3.05) is 26.1 Å². The molecule has 3 aromatic rings. The summed E-state index contributed by atoms with van der Waals surface area (Å²) >= 11 is 0. The molecule has 0 saturated heterocycles. The van der Waals surface area contributed by atoms with E-state index in [1.54, 1.807) is 32.8 Å². The van der Waals surface area contributed by atoms with Crippen molar-refractivity contribution in [3.8, 4) is 0 Å². The highest BCUT2D eigenvalue weighted by Gasteiger charge is 2.11. The molecule has 0 aliphatic rings. The average Bonchev–Trinajstić information content (AvgIpc) is 2.66. The van der Waals surface area contributed by atoms with E-state index in [1.165, 1.54) is 0 Å². The number of anilines is 2. The number of pyridine rings is 2. The number of fused-ring (bicyclic) bond motifs is 1. The Balaban J connectivity index is 1.95. The molecule has 0 aromatic carbocycles. The second-order valence-electron chi connectivity index (χ2n) is 5.96. The van der Waals surface area contributed by atoms with E-state index in [-0.39, 0.29) is 6.61 Å². The Morgan fingerprint density at radius 1 is 1.19 bits per heavy atom. The summed E-state index contributed by atoms with van der Waals surface area (Å²) in [6, 6.07) is 7.53. The van der Waals surface area contributed by atoms with Gasteiger partial charge in [-0.05, 0) is 36.8 Å². The fourth-order valence-electron chi connectivity index (χ4n) is 2.59. The second kappa shape index (κ2) is 8.33. The maximum atomic E-state index is 8.20. The van der Waals surface area contributed by atoms with Crippen LogP contribution in [0.3, 0.4) is 0 Å². The molecular formula is C19H21N7O. The van der Waals surface area contributed by atoms with Crippen LogP contribution in [0.4, 0.5) is 11.6 Å². The molecule has 0 unspecified atom stereocenters. The molecule has 0 aliphatic carbocycles. The zero-order chi connectivity index (χ0) is 19.2. The lowest BCUT2D eigenvalue weighted by atomic mass is 10.0. The highest BCUT2D eigenvalue weighted by molar-refractivity contribution is 6.23. The van der Waals surface area contributed by atoms with E-state index >= 15 is 0 Å². The number of nitrogens with zero attached hydrogens (tertiary/aromatic N) is 4. The molecule has 0 saturated carbocycles. The largest absolute Gasteiger partial charge is 0.393 e. The highest BCUT2D eigenvalue weighted by Crippen LogP contribution is 2.21. The van der Waals surface area contributed by atoms with Crippen molar-refractivity contribution in [2.45, 2.75) is 6.92 Å². The molecule has 0 spiro atoms. The van der Waals surface area contributed by atoms with Gasteiger partial charge in [-0.1, -0.05) is 0 Å². The maximum Gasteiger partial charge on any atom is 0.154 e. The van der Waals surface area contributed by atoms with Crippen LogP contribution < -0.4 is 10.6 Å². The molecule has 0 fully saturated rings. The molecule has 0 amide bonds. The lowest BCUT2D eigenvalue weighted by molar-refractivity contribution is 0.245. The first-order valence-corrected chi connectivity index (χ1v) is 8.38. The standard InChI is InChI=1S/C19H21N7O/c1-12-6-19(26-23-8-12)25-18-5-4-16-17(24-18)7-13(9-22-16)14(10-21-2)15(20)11-27-3/h4-10,20-21H,11H2,1-3H3,(H,24,25,26)/b14-10-,20-15?. The van der Waals surface area contributed by atoms with Crippen LogP contribution in [0.25, 0.3) is 16.6 Å². The summed E-state index contributed by atoms with van der Waals surface area (Å²) in [4.78, 5) is 9.08. The number of hydrogen-bond donors (Lipinski definition) is 3. The monoisotopic (exact) mass is 363 g/mol. The molecule has 0 aliphatic heterocycles. The Kier molecular flexibility index (Phi) is 5.68. The molecule has 138 valence electrons. The van der Waals surface area contributed by atoms with E-state index in [0.29, 0.717) is 28.4 Å². The first kappa shape index (κ1) is 18.4. The van der Waals surface area contributed by atoms with Gasteiger partial charge in [-0.15, -0.1) is 5.10 Å². The van der Waals surface area contributed by atoms with Crippen molar-refractivity contribution in [1.29, 1.82) is 5.41 Å². The predicted octanol–water partition coefficient (Wildman–Crippen LogP) is 2.70. The van der Waals surface area contributed by atoms with Gasteiger partial charge in [0, 0.05) is 37.7 Å². The van der Waals surface area contributed by atoms with Crippen molar-refractivity contribution in [2.24, 2.45) is 0 Å². The van der Waals surface area contributed by atoms with Gasteiger partial charge in [0.1, 0.15) is 5.82 Å². The summed E-state index contributed by atoms with van der Waals surface area (Å²) in [7, 11) is 3.36. The Morgan fingerprint density at radius 2 is 2.04 bits per heavy atom. The van der Waals surface area contributed by atoms with E-state index in [4.69, 9.17) is 10.1 Å². The van der Waals surface area contributed by atoms with Gasteiger partial charge in [0.15, 0.2) is 5.82 Å². The third kappa shape index (κ3) is 4.42. The molecule has 3 aromatic heterocycles. The Hall–Kier alpha value is -3.39. The molecule has 27 heavy (non-hydrogen) atoms. The van der Waals surface area contributed by atoms with Crippen LogP contribution in [0.5, 0.6) is 0 Å². The van der Waals surface area contributed by atoms with Crippen LogP contribution >= 0.6 is 0 Å².